The average Bonchev–Trinajstić information content (AvgIpc) is 2.64. The Morgan fingerprint density at radius 1 is 1.67 bits per heavy atom. The maximum absolute atomic E-state index is 11.1. The quantitative estimate of drug-likeness (QED) is 0.619. The molecular weight excluding hydrogens is 154 g/mol. The third-order valence-electron chi connectivity index (χ3n) is 2.14. The van der Waals surface area contributed by atoms with Crippen molar-refractivity contribution in [3.8, 4) is 0 Å². The van der Waals surface area contributed by atoms with E-state index in [1.165, 1.54) is 0 Å². The molecule has 64 valence electrons. The summed E-state index contributed by atoms with van der Waals surface area (Å²) in [6.45, 7) is 0.431. The van der Waals surface area contributed by atoms with Gasteiger partial charge in [0, 0.05) is 13.2 Å². The Morgan fingerprint density at radius 2 is 2.50 bits per heavy atom. The number of carbonyl (C=O) groups is 1. The molecule has 12 heavy (non-hydrogen) atoms. The lowest BCUT2D eigenvalue weighted by atomic mass is 10.3. The summed E-state index contributed by atoms with van der Waals surface area (Å²) in [5.41, 5.74) is 1.03. The van der Waals surface area contributed by atoms with E-state index in [4.69, 9.17) is 0 Å². The predicted octanol–water partition coefficient (Wildman–Crippen LogP) is 0.0749. The van der Waals surface area contributed by atoms with Crippen molar-refractivity contribution in [3.63, 3.8) is 0 Å². The third-order valence-corrected chi connectivity index (χ3v) is 2.14. The van der Waals surface area contributed by atoms with E-state index in [1.807, 2.05) is 18.3 Å². The van der Waals surface area contributed by atoms with Crippen LogP contribution in [0, 0.1) is 0 Å². The Bertz CT molecular complexity index is 281. The van der Waals surface area contributed by atoms with Crippen molar-refractivity contribution in [2.24, 2.45) is 0 Å². The summed E-state index contributed by atoms with van der Waals surface area (Å²) < 4.78 is 0. The Morgan fingerprint density at radius 3 is 3.00 bits per heavy atom. The number of nitrogens with one attached hydrogen (secondary N) is 2. The van der Waals surface area contributed by atoms with Gasteiger partial charge in [-0.1, -0.05) is 0 Å². The highest BCUT2D eigenvalue weighted by Crippen LogP contribution is 2.17. The van der Waals surface area contributed by atoms with Gasteiger partial charge in [-0.25, -0.2) is 0 Å². The molecule has 1 unspecified atom stereocenters. The van der Waals surface area contributed by atoms with E-state index >= 15 is 0 Å². The lowest BCUT2D eigenvalue weighted by Crippen LogP contribution is -2.26. The number of H-pyrrole nitrogens is 1. The molecule has 0 aliphatic carbocycles. The van der Waals surface area contributed by atoms with Gasteiger partial charge in [0.2, 0.25) is 5.91 Å². The SMILES string of the molecule is CN1C(=O)CNC1c1ccc[nH]1. The predicted molar refractivity (Wildman–Crippen MR) is 44.3 cm³/mol. The molecule has 0 aromatic carbocycles. The molecule has 1 aromatic heterocycles. The smallest absolute Gasteiger partial charge is 0.237 e. The van der Waals surface area contributed by atoms with E-state index in [0.717, 1.165) is 5.69 Å². The van der Waals surface area contributed by atoms with E-state index in [0.29, 0.717) is 6.54 Å². The van der Waals surface area contributed by atoms with E-state index in [2.05, 4.69) is 10.3 Å². The molecule has 2 N–H and O–H groups in total. The van der Waals surface area contributed by atoms with Gasteiger partial charge in [-0.2, -0.15) is 0 Å². The van der Waals surface area contributed by atoms with Crippen LogP contribution in [0.15, 0.2) is 18.3 Å². The number of likely N-dealkylation sites (N-methyl/N-ethyl adjacent to an activating group) is 1. The minimum Gasteiger partial charge on any atom is -0.362 e. The van der Waals surface area contributed by atoms with Gasteiger partial charge in [-0.15, -0.1) is 0 Å². The summed E-state index contributed by atoms with van der Waals surface area (Å²) in [6, 6.07) is 3.89. The number of aromatic nitrogens is 1. The Hall–Kier alpha value is -1.29. The van der Waals surface area contributed by atoms with E-state index in [-0.39, 0.29) is 12.1 Å². The van der Waals surface area contributed by atoms with E-state index < -0.39 is 0 Å². The van der Waals surface area contributed by atoms with Gasteiger partial charge in [0.1, 0.15) is 6.17 Å². The summed E-state index contributed by atoms with van der Waals surface area (Å²) in [7, 11) is 1.80. The van der Waals surface area contributed by atoms with Crippen LogP contribution in [0.1, 0.15) is 11.9 Å². The minimum absolute atomic E-state index is 0.0208. The van der Waals surface area contributed by atoms with E-state index in [9.17, 15) is 4.79 Å². The molecule has 1 atom stereocenters. The van der Waals surface area contributed by atoms with Crippen LogP contribution in [0.5, 0.6) is 0 Å². The fourth-order valence-corrected chi connectivity index (χ4v) is 1.42. The van der Waals surface area contributed by atoms with Crippen LogP contribution in [-0.2, 0) is 4.79 Å². The first-order valence-electron chi connectivity index (χ1n) is 3.91. The van der Waals surface area contributed by atoms with Crippen molar-refractivity contribution in [1.82, 2.24) is 15.2 Å². The van der Waals surface area contributed by atoms with Gasteiger partial charge < -0.3 is 9.88 Å². The van der Waals surface area contributed by atoms with E-state index in [1.54, 1.807) is 11.9 Å². The molecule has 1 fully saturated rings. The van der Waals surface area contributed by atoms with Gasteiger partial charge in [0.25, 0.3) is 0 Å². The zero-order chi connectivity index (χ0) is 8.55. The molecule has 2 rings (SSSR count). The number of amides is 1. The highest BCUT2D eigenvalue weighted by Gasteiger charge is 2.28. The average molecular weight is 165 g/mol. The second-order valence-corrected chi connectivity index (χ2v) is 2.91. The Kier molecular flexibility index (Phi) is 1.62. The van der Waals surface area contributed by atoms with Crippen molar-refractivity contribution in [1.29, 1.82) is 0 Å². The third kappa shape index (κ3) is 1.00. The van der Waals surface area contributed by atoms with Crippen molar-refractivity contribution in [3.05, 3.63) is 24.0 Å². The van der Waals surface area contributed by atoms with Crippen LogP contribution in [0.4, 0.5) is 0 Å². The van der Waals surface area contributed by atoms with Crippen LogP contribution in [-0.4, -0.2) is 29.4 Å². The lowest BCUT2D eigenvalue weighted by molar-refractivity contribution is -0.126. The highest BCUT2D eigenvalue weighted by molar-refractivity contribution is 5.80. The van der Waals surface area contributed by atoms with Gasteiger partial charge >= 0.3 is 0 Å². The molecule has 1 aliphatic heterocycles. The molecule has 2 heterocycles. The van der Waals surface area contributed by atoms with Gasteiger partial charge in [-0.05, 0) is 12.1 Å². The standard InChI is InChI=1S/C8H11N3O/c1-11-7(12)5-10-8(11)6-3-2-4-9-6/h2-4,8-10H,5H2,1H3. The zero-order valence-corrected chi connectivity index (χ0v) is 6.87. The number of hydrogen-bond acceptors (Lipinski definition) is 2. The maximum atomic E-state index is 11.1. The van der Waals surface area contributed by atoms with Gasteiger partial charge in [-0.3, -0.25) is 10.1 Å². The zero-order valence-electron chi connectivity index (χ0n) is 6.87. The van der Waals surface area contributed by atoms with Crippen LogP contribution >= 0.6 is 0 Å². The van der Waals surface area contributed by atoms with Crippen LogP contribution in [0.2, 0.25) is 0 Å². The first-order chi connectivity index (χ1) is 5.79. The topological polar surface area (TPSA) is 48.1 Å². The normalized spacial score (nSPS) is 23.6. The largest absolute Gasteiger partial charge is 0.362 e. The van der Waals surface area contributed by atoms with Crippen molar-refractivity contribution in [2.45, 2.75) is 6.17 Å². The summed E-state index contributed by atoms with van der Waals surface area (Å²) in [4.78, 5) is 15.9. The highest BCUT2D eigenvalue weighted by atomic mass is 16.2. The van der Waals surface area contributed by atoms with Crippen LogP contribution in [0.3, 0.4) is 0 Å². The number of rotatable bonds is 1. The fourth-order valence-electron chi connectivity index (χ4n) is 1.42. The molecule has 0 radical (unpaired) electrons. The molecule has 0 saturated carbocycles. The fraction of sp³-hybridized carbons (Fsp3) is 0.375. The monoisotopic (exact) mass is 165 g/mol. The number of carbonyl (C=O) groups excluding carboxylic acids is 1. The van der Waals surface area contributed by atoms with Crippen molar-refractivity contribution in [2.75, 3.05) is 13.6 Å². The maximum Gasteiger partial charge on any atom is 0.237 e. The van der Waals surface area contributed by atoms with Crippen LogP contribution in [0.25, 0.3) is 0 Å². The minimum atomic E-state index is 0.0208. The summed E-state index contributed by atoms with van der Waals surface area (Å²) in [5.74, 6) is 0.134. The Labute approximate surface area is 70.6 Å². The second-order valence-electron chi connectivity index (χ2n) is 2.91. The molecule has 1 amide bonds. The Balaban J connectivity index is 2.21. The molecule has 4 nitrogen and oxygen atoms in total. The molecule has 0 bridgehead atoms. The van der Waals surface area contributed by atoms with Crippen molar-refractivity contribution < 1.29 is 4.79 Å². The molecule has 1 saturated heterocycles. The molecule has 4 heteroatoms. The summed E-state index contributed by atoms with van der Waals surface area (Å²) >= 11 is 0. The second kappa shape index (κ2) is 2.64. The molecular formula is C8H11N3O. The first-order valence-corrected chi connectivity index (χ1v) is 3.91. The summed E-state index contributed by atoms with van der Waals surface area (Å²) in [5, 5.41) is 3.10. The number of nitrogens with zero attached hydrogens (tertiary/aromatic N) is 1. The first kappa shape index (κ1) is 7.36. The van der Waals surface area contributed by atoms with Gasteiger partial charge in [0.15, 0.2) is 0 Å². The molecule has 0 spiro atoms. The summed E-state index contributed by atoms with van der Waals surface area (Å²) in [6.07, 6.45) is 1.88. The lowest BCUT2D eigenvalue weighted by Gasteiger charge is -2.17. The van der Waals surface area contributed by atoms with Crippen molar-refractivity contribution >= 4 is 5.91 Å². The molecule has 1 aliphatic rings. The number of aromatic amines is 1. The number of hydrogen-bond donors (Lipinski definition) is 2. The van der Waals surface area contributed by atoms with Crippen LogP contribution < -0.4 is 5.32 Å². The molecule has 1 aromatic rings. The van der Waals surface area contributed by atoms with Gasteiger partial charge in [0.05, 0.1) is 12.2 Å².